The van der Waals surface area contributed by atoms with Crippen molar-refractivity contribution in [3.63, 3.8) is 0 Å². The molecule has 0 atom stereocenters. The maximum atomic E-state index is 12.0. The minimum atomic E-state index is -0.286. The molecule has 0 aliphatic carbocycles. The van der Waals surface area contributed by atoms with Crippen LogP contribution in [0.2, 0.25) is 10.0 Å². The van der Waals surface area contributed by atoms with Crippen LogP contribution in [0.1, 0.15) is 21.5 Å². The molecule has 0 saturated heterocycles. The second-order valence-electron chi connectivity index (χ2n) is 4.52. The number of nitrogens with two attached hydrogens (primary N) is 1. The highest BCUT2D eigenvalue weighted by atomic mass is 35.5. The second-order valence-corrected chi connectivity index (χ2v) is 5.30. The van der Waals surface area contributed by atoms with E-state index in [1.54, 1.807) is 12.1 Å². The molecule has 0 aromatic heterocycles. The Bertz CT molecular complexity index is 634. The van der Waals surface area contributed by atoms with Gasteiger partial charge in [-0.05, 0) is 23.3 Å². The lowest BCUT2D eigenvalue weighted by molar-refractivity contribution is 0.0951. The topological polar surface area (TPSA) is 75.4 Å². The molecule has 110 valence electrons. The SMILES string of the molecule is Nc1cc(C(=O)NCc2ccc(CO)cc2)cc(Cl)c1Cl. The fraction of sp³-hybridized carbons (Fsp3) is 0.133. The van der Waals surface area contributed by atoms with E-state index in [0.717, 1.165) is 11.1 Å². The largest absolute Gasteiger partial charge is 0.397 e. The highest BCUT2D eigenvalue weighted by Gasteiger charge is 2.11. The molecule has 0 spiro atoms. The molecule has 2 aromatic carbocycles. The summed E-state index contributed by atoms with van der Waals surface area (Å²) in [5.41, 5.74) is 8.05. The van der Waals surface area contributed by atoms with Crippen molar-refractivity contribution < 1.29 is 9.90 Å². The Balaban J connectivity index is 2.04. The summed E-state index contributed by atoms with van der Waals surface area (Å²) < 4.78 is 0. The van der Waals surface area contributed by atoms with E-state index in [1.807, 2.05) is 12.1 Å². The standard InChI is InChI=1S/C15H14Cl2N2O2/c16-12-5-11(6-13(18)14(12)17)15(21)19-7-9-1-3-10(8-20)4-2-9/h1-6,20H,7-8,18H2,(H,19,21). The van der Waals surface area contributed by atoms with Gasteiger partial charge in [0.15, 0.2) is 0 Å². The van der Waals surface area contributed by atoms with E-state index in [9.17, 15) is 4.79 Å². The Labute approximate surface area is 132 Å². The van der Waals surface area contributed by atoms with Gasteiger partial charge in [0.05, 0.1) is 22.3 Å². The first-order valence-corrected chi connectivity index (χ1v) is 6.98. The third kappa shape index (κ3) is 3.88. The zero-order valence-corrected chi connectivity index (χ0v) is 12.6. The van der Waals surface area contributed by atoms with Crippen molar-refractivity contribution in [2.75, 3.05) is 5.73 Å². The Hall–Kier alpha value is -1.75. The molecule has 6 heteroatoms. The summed E-state index contributed by atoms with van der Waals surface area (Å²) in [6.45, 7) is 0.361. The summed E-state index contributed by atoms with van der Waals surface area (Å²) in [5.74, 6) is -0.286. The zero-order chi connectivity index (χ0) is 15.4. The van der Waals surface area contributed by atoms with Crippen molar-refractivity contribution in [3.8, 4) is 0 Å². The maximum Gasteiger partial charge on any atom is 0.251 e. The van der Waals surface area contributed by atoms with Gasteiger partial charge in [0.25, 0.3) is 5.91 Å². The van der Waals surface area contributed by atoms with Gasteiger partial charge in [-0.1, -0.05) is 47.5 Å². The summed E-state index contributed by atoms with van der Waals surface area (Å²) in [4.78, 5) is 12.0. The molecule has 0 radical (unpaired) electrons. The van der Waals surface area contributed by atoms with Gasteiger partial charge in [-0.15, -0.1) is 0 Å². The van der Waals surface area contributed by atoms with E-state index in [1.165, 1.54) is 12.1 Å². The molecular formula is C15H14Cl2N2O2. The number of nitrogen functional groups attached to an aromatic ring is 1. The number of aliphatic hydroxyl groups excluding tert-OH is 1. The average Bonchev–Trinajstić information content (AvgIpc) is 2.50. The first-order valence-electron chi connectivity index (χ1n) is 6.22. The van der Waals surface area contributed by atoms with Gasteiger partial charge in [0.2, 0.25) is 0 Å². The van der Waals surface area contributed by atoms with E-state index in [4.69, 9.17) is 34.0 Å². The molecule has 1 amide bonds. The normalized spacial score (nSPS) is 10.4. The molecule has 21 heavy (non-hydrogen) atoms. The lowest BCUT2D eigenvalue weighted by Crippen LogP contribution is -2.23. The molecule has 0 saturated carbocycles. The molecule has 2 rings (SSSR count). The smallest absolute Gasteiger partial charge is 0.251 e. The summed E-state index contributed by atoms with van der Waals surface area (Å²) in [5, 5.41) is 12.2. The van der Waals surface area contributed by atoms with Gasteiger partial charge in [0.1, 0.15) is 0 Å². The number of halogens is 2. The number of hydrogen-bond donors (Lipinski definition) is 3. The minimum absolute atomic E-state index is 0.00477. The van der Waals surface area contributed by atoms with E-state index in [2.05, 4.69) is 5.32 Å². The second kappa shape index (κ2) is 6.80. The van der Waals surface area contributed by atoms with Crippen molar-refractivity contribution >= 4 is 34.8 Å². The minimum Gasteiger partial charge on any atom is -0.397 e. The highest BCUT2D eigenvalue weighted by Crippen LogP contribution is 2.29. The van der Waals surface area contributed by atoms with Crippen LogP contribution in [0.5, 0.6) is 0 Å². The molecule has 0 bridgehead atoms. The fourth-order valence-electron chi connectivity index (χ4n) is 1.79. The number of rotatable bonds is 4. The molecule has 4 N–H and O–H groups in total. The number of benzene rings is 2. The number of carbonyl (C=O) groups excluding carboxylic acids is 1. The van der Waals surface area contributed by atoms with Crippen molar-refractivity contribution in [1.29, 1.82) is 0 Å². The third-order valence-corrected chi connectivity index (χ3v) is 3.79. The number of hydrogen-bond acceptors (Lipinski definition) is 3. The first kappa shape index (κ1) is 15.6. The number of nitrogens with one attached hydrogen (secondary N) is 1. The average molecular weight is 325 g/mol. The van der Waals surface area contributed by atoms with Crippen LogP contribution in [-0.4, -0.2) is 11.0 Å². The van der Waals surface area contributed by atoms with Gasteiger partial charge < -0.3 is 16.2 Å². The maximum absolute atomic E-state index is 12.0. The molecule has 2 aromatic rings. The highest BCUT2D eigenvalue weighted by molar-refractivity contribution is 6.43. The number of aliphatic hydroxyl groups is 1. The Morgan fingerprint density at radius 3 is 2.33 bits per heavy atom. The van der Waals surface area contributed by atoms with Gasteiger partial charge in [-0.2, -0.15) is 0 Å². The lowest BCUT2D eigenvalue weighted by Gasteiger charge is -2.08. The summed E-state index contributed by atoms with van der Waals surface area (Å²) in [7, 11) is 0. The molecular weight excluding hydrogens is 311 g/mol. The predicted molar refractivity (Wildman–Crippen MR) is 84.4 cm³/mol. The Kier molecular flexibility index (Phi) is 5.07. The molecule has 0 fully saturated rings. The van der Waals surface area contributed by atoms with Crippen LogP contribution in [0.4, 0.5) is 5.69 Å². The summed E-state index contributed by atoms with van der Waals surface area (Å²) in [6, 6.07) is 10.3. The quantitative estimate of drug-likeness (QED) is 0.757. The molecule has 4 nitrogen and oxygen atoms in total. The van der Waals surface area contributed by atoms with Gasteiger partial charge in [-0.3, -0.25) is 4.79 Å². The van der Waals surface area contributed by atoms with Gasteiger partial charge in [0, 0.05) is 12.1 Å². The van der Waals surface area contributed by atoms with E-state index < -0.39 is 0 Å². The van der Waals surface area contributed by atoms with Crippen LogP contribution in [0, 0.1) is 0 Å². The lowest BCUT2D eigenvalue weighted by atomic mass is 10.1. The van der Waals surface area contributed by atoms with Crippen LogP contribution in [-0.2, 0) is 13.2 Å². The molecule has 0 aliphatic rings. The van der Waals surface area contributed by atoms with E-state index in [0.29, 0.717) is 12.1 Å². The number of anilines is 1. The van der Waals surface area contributed by atoms with Crippen LogP contribution in [0.15, 0.2) is 36.4 Å². The Morgan fingerprint density at radius 1 is 1.14 bits per heavy atom. The van der Waals surface area contributed by atoms with Crippen molar-refractivity contribution in [2.45, 2.75) is 13.2 Å². The molecule has 0 unspecified atom stereocenters. The van der Waals surface area contributed by atoms with Crippen LogP contribution >= 0.6 is 23.2 Å². The monoisotopic (exact) mass is 324 g/mol. The molecule has 0 aliphatic heterocycles. The number of amides is 1. The van der Waals surface area contributed by atoms with Gasteiger partial charge >= 0.3 is 0 Å². The van der Waals surface area contributed by atoms with Crippen molar-refractivity contribution in [1.82, 2.24) is 5.32 Å². The number of carbonyl (C=O) groups is 1. The van der Waals surface area contributed by atoms with Gasteiger partial charge in [-0.25, -0.2) is 0 Å². The van der Waals surface area contributed by atoms with Crippen LogP contribution in [0.3, 0.4) is 0 Å². The van der Waals surface area contributed by atoms with Crippen molar-refractivity contribution in [3.05, 3.63) is 63.1 Å². The summed E-state index contributed by atoms with van der Waals surface area (Å²) in [6.07, 6.45) is 0. The van der Waals surface area contributed by atoms with Crippen LogP contribution < -0.4 is 11.1 Å². The van der Waals surface area contributed by atoms with Crippen molar-refractivity contribution in [2.24, 2.45) is 0 Å². The third-order valence-electron chi connectivity index (χ3n) is 2.98. The first-order chi connectivity index (χ1) is 10.0. The van der Waals surface area contributed by atoms with Crippen LogP contribution in [0.25, 0.3) is 0 Å². The van der Waals surface area contributed by atoms with E-state index in [-0.39, 0.29) is 28.2 Å². The Morgan fingerprint density at radius 2 is 1.76 bits per heavy atom. The molecule has 0 heterocycles. The predicted octanol–water partition coefficient (Wildman–Crippen LogP) is 3.00. The van der Waals surface area contributed by atoms with E-state index >= 15 is 0 Å². The summed E-state index contributed by atoms with van der Waals surface area (Å²) >= 11 is 11.7. The fourth-order valence-corrected chi connectivity index (χ4v) is 2.12. The zero-order valence-electron chi connectivity index (χ0n) is 11.1.